The van der Waals surface area contributed by atoms with Crippen molar-refractivity contribution in [3.8, 4) is 5.75 Å². The number of aliphatic carboxylic acids is 1. The number of hydrogen-bond donors (Lipinski definition) is 8. The van der Waals surface area contributed by atoms with Gasteiger partial charge >= 0.3 is 11.9 Å². The number of carboxylic acids is 1. The number of carbonyl (C=O) groups excluding carboxylic acids is 2. The van der Waals surface area contributed by atoms with Crippen molar-refractivity contribution in [1.29, 1.82) is 0 Å². The maximum Gasteiger partial charge on any atom is 0.364 e. The minimum absolute atomic E-state index is 0.0251. The van der Waals surface area contributed by atoms with E-state index in [2.05, 4.69) is 20.4 Å². The molecule has 1 heterocycles. The Balaban J connectivity index is 1.49. The Morgan fingerprint density at radius 3 is 1.77 bits per heavy atom. The third kappa shape index (κ3) is 19.5. The van der Waals surface area contributed by atoms with Crippen LogP contribution >= 0.6 is 0 Å². The van der Waals surface area contributed by atoms with Gasteiger partial charge in [0.1, 0.15) is 18.4 Å². The van der Waals surface area contributed by atoms with E-state index >= 15 is 0 Å². The first-order valence-electron chi connectivity index (χ1n) is 18.8. The smallest absolute Gasteiger partial charge is 0.364 e. The average Bonchev–Trinajstić information content (AvgIpc) is 3.71. The number of aliphatic hydroxyl groups is 6. The van der Waals surface area contributed by atoms with Crippen molar-refractivity contribution >= 4 is 17.8 Å². The van der Waals surface area contributed by atoms with Crippen LogP contribution in [0.1, 0.15) is 25.0 Å². The van der Waals surface area contributed by atoms with Gasteiger partial charge in [-0.05, 0) is 6.42 Å². The molecule has 2 aromatic rings. The number of carboxylic acid groups (broad SMARTS) is 1. The summed E-state index contributed by atoms with van der Waals surface area (Å²) < 4.78 is 109. The average molecular weight is 911 g/mol. The van der Waals surface area contributed by atoms with Gasteiger partial charge in [0.2, 0.25) is 40.7 Å². The first-order chi connectivity index (χ1) is 29.5. The Hall–Kier alpha value is -4.10. The molecule has 0 bridgehead atoms. The van der Waals surface area contributed by atoms with Crippen molar-refractivity contribution in [1.82, 2.24) is 20.3 Å². The van der Waals surface area contributed by atoms with Crippen LogP contribution in [0.5, 0.6) is 5.75 Å². The third-order valence-corrected chi connectivity index (χ3v) is 8.09. The molecule has 8 N–H and O–H groups in total. The molecular formula is C35H51F5N4O18. The fourth-order valence-electron chi connectivity index (χ4n) is 4.83. The van der Waals surface area contributed by atoms with E-state index < -0.39 is 122 Å². The van der Waals surface area contributed by atoms with Crippen molar-refractivity contribution in [3.63, 3.8) is 0 Å². The zero-order valence-electron chi connectivity index (χ0n) is 33.2. The number of ether oxygens (including phenoxy) is 8. The van der Waals surface area contributed by atoms with E-state index in [9.17, 15) is 61.9 Å². The van der Waals surface area contributed by atoms with E-state index in [1.54, 1.807) is 6.20 Å². The molecule has 5 atom stereocenters. The van der Waals surface area contributed by atoms with E-state index in [4.69, 9.17) is 43.4 Å². The number of aromatic nitrogens is 3. The number of amides is 1. The Labute approximate surface area is 349 Å². The molecule has 0 unspecified atom stereocenters. The lowest BCUT2D eigenvalue weighted by Gasteiger charge is -2.32. The molecular weight excluding hydrogens is 859 g/mol. The summed E-state index contributed by atoms with van der Waals surface area (Å²) in [6.45, 7) is -0.813. The summed E-state index contributed by atoms with van der Waals surface area (Å²) in [5.41, 5.74) is 0.507. The Morgan fingerprint density at radius 2 is 1.23 bits per heavy atom. The van der Waals surface area contributed by atoms with Gasteiger partial charge in [-0.2, -0.15) is 8.78 Å². The van der Waals surface area contributed by atoms with E-state index in [0.717, 1.165) is 0 Å². The fraction of sp³-hybridized carbons (Fsp3) is 0.686. The van der Waals surface area contributed by atoms with Crippen LogP contribution in [-0.4, -0.2) is 191 Å². The summed E-state index contributed by atoms with van der Waals surface area (Å²) in [4.78, 5) is 35.1. The molecule has 0 aliphatic rings. The van der Waals surface area contributed by atoms with Crippen LogP contribution in [0.15, 0.2) is 6.20 Å². The van der Waals surface area contributed by atoms with E-state index in [1.807, 2.05) is 0 Å². The quantitative estimate of drug-likeness (QED) is 0.00685. The van der Waals surface area contributed by atoms with Crippen LogP contribution < -0.4 is 10.1 Å². The molecule has 0 saturated carbocycles. The summed E-state index contributed by atoms with van der Waals surface area (Å²) in [6, 6.07) is -1.46. The summed E-state index contributed by atoms with van der Waals surface area (Å²) in [7, 11) is 0. The minimum atomic E-state index is -2.96. The van der Waals surface area contributed by atoms with Crippen molar-refractivity contribution in [2.24, 2.45) is 0 Å². The number of rotatable bonds is 35. The highest BCUT2D eigenvalue weighted by Crippen LogP contribution is 2.29. The maximum atomic E-state index is 13.6. The van der Waals surface area contributed by atoms with E-state index in [-0.39, 0.29) is 72.7 Å². The number of benzene rings is 1. The Kier molecular flexibility index (Phi) is 25.5. The van der Waals surface area contributed by atoms with Gasteiger partial charge in [-0.15, -0.1) is 5.10 Å². The summed E-state index contributed by atoms with van der Waals surface area (Å²) in [5, 5.41) is 78.2. The van der Waals surface area contributed by atoms with Gasteiger partial charge in [0.25, 0.3) is 5.79 Å². The van der Waals surface area contributed by atoms with Crippen LogP contribution in [0.25, 0.3) is 0 Å². The molecule has 0 saturated heterocycles. The molecule has 1 aromatic heterocycles. The molecule has 354 valence electrons. The Bertz CT molecular complexity index is 1620. The first-order valence-corrected chi connectivity index (χ1v) is 18.8. The highest BCUT2D eigenvalue weighted by atomic mass is 19.2. The van der Waals surface area contributed by atoms with Crippen molar-refractivity contribution in [2.45, 2.75) is 62.6 Å². The molecule has 1 amide bonds. The zero-order valence-corrected chi connectivity index (χ0v) is 33.2. The molecule has 1 aromatic carbocycles. The number of carbonyl (C=O) groups is 3. The zero-order chi connectivity index (χ0) is 46.1. The molecule has 0 aliphatic heterocycles. The molecule has 0 aliphatic carbocycles. The van der Waals surface area contributed by atoms with Crippen LogP contribution in [0.3, 0.4) is 0 Å². The standard InChI is InChI=1S/C35H51F5N4O18/c36-28-29(37)31(39)33(32(40)30(28)38)62-27(51)1-3-55-5-7-57-9-10-58-8-6-56-4-2-44-17-21(42-43-44)20-60-12-11-59-13-14-61-35(54,34(52)53)16-24(48)22(41-26(50)19-46)15-23(47)25(49)18-45/h17,22-25,45-49,54H,1-16,18-20H2,(H,41,50)(H,52,53)/t22-,23-,24-,25+,35-/m0/s1. The summed E-state index contributed by atoms with van der Waals surface area (Å²) >= 11 is 0. The minimum Gasteiger partial charge on any atom is -0.477 e. The van der Waals surface area contributed by atoms with Crippen molar-refractivity contribution in [2.75, 3.05) is 92.5 Å². The number of nitrogens with zero attached hydrogens (tertiary/aromatic N) is 3. The molecule has 62 heavy (non-hydrogen) atoms. The second-order valence-corrected chi connectivity index (χ2v) is 12.8. The highest BCUT2D eigenvalue weighted by Gasteiger charge is 2.42. The highest BCUT2D eigenvalue weighted by molar-refractivity contribution is 5.77. The molecule has 0 fully saturated rings. The van der Waals surface area contributed by atoms with Gasteiger partial charge in [-0.3, -0.25) is 9.59 Å². The van der Waals surface area contributed by atoms with Crippen molar-refractivity contribution in [3.05, 3.63) is 41.0 Å². The van der Waals surface area contributed by atoms with Gasteiger partial charge in [0.15, 0.2) is 0 Å². The number of halogens is 5. The lowest BCUT2D eigenvalue weighted by atomic mass is 9.95. The SMILES string of the molecule is O=C(CO)N[C@@H](C[C@H](O)[C@H](O)CO)[C@@H](O)C[C@](O)(OCCOCCOCc1cn(CCOCCOCCOCCOCCC(=O)Oc2c(F)c(F)c(F)c(F)c2F)nn1)C(=O)O. The number of aliphatic hydroxyl groups excluding tert-OH is 5. The predicted molar refractivity (Wildman–Crippen MR) is 192 cm³/mol. The second-order valence-electron chi connectivity index (χ2n) is 12.8. The molecule has 0 spiro atoms. The predicted octanol–water partition coefficient (Wildman–Crippen LogP) is -2.31. The van der Waals surface area contributed by atoms with Crippen molar-refractivity contribution < 1.29 is 110 Å². The number of nitrogens with one attached hydrogen (secondary N) is 1. The van der Waals surface area contributed by atoms with Gasteiger partial charge in [-0.25, -0.2) is 22.6 Å². The summed E-state index contributed by atoms with van der Waals surface area (Å²) in [5.74, 6) is -20.2. The van der Waals surface area contributed by atoms with Crippen LogP contribution in [0.4, 0.5) is 22.0 Å². The van der Waals surface area contributed by atoms with Crippen LogP contribution in [0, 0.1) is 29.1 Å². The van der Waals surface area contributed by atoms with E-state index in [1.165, 1.54) is 4.68 Å². The van der Waals surface area contributed by atoms with Crippen LogP contribution in [-0.2, 0) is 60.7 Å². The third-order valence-electron chi connectivity index (χ3n) is 8.09. The van der Waals surface area contributed by atoms with E-state index in [0.29, 0.717) is 18.8 Å². The Morgan fingerprint density at radius 1 is 0.710 bits per heavy atom. The largest absolute Gasteiger partial charge is 0.477 e. The van der Waals surface area contributed by atoms with Gasteiger partial charge in [-0.1, -0.05) is 5.21 Å². The van der Waals surface area contributed by atoms with Gasteiger partial charge < -0.3 is 79.0 Å². The normalized spacial score (nSPS) is 14.6. The molecule has 27 heteroatoms. The lowest BCUT2D eigenvalue weighted by Crippen LogP contribution is -2.53. The topological polar surface area (TPSA) is 309 Å². The van der Waals surface area contributed by atoms with Crippen LogP contribution in [0.2, 0.25) is 0 Å². The van der Waals surface area contributed by atoms with Gasteiger partial charge in [0.05, 0.1) is 130 Å². The first kappa shape index (κ1) is 54.0. The maximum absolute atomic E-state index is 13.6. The van der Waals surface area contributed by atoms with Gasteiger partial charge in [0, 0.05) is 6.42 Å². The number of hydrogen-bond acceptors (Lipinski definition) is 19. The molecule has 2 rings (SSSR count). The monoisotopic (exact) mass is 910 g/mol. The lowest BCUT2D eigenvalue weighted by molar-refractivity contribution is -0.237. The number of esters is 1. The summed E-state index contributed by atoms with van der Waals surface area (Å²) in [6.07, 6.45) is -5.63. The molecule has 22 nitrogen and oxygen atoms in total. The molecule has 0 radical (unpaired) electrons. The fourth-order valence-corrected chi connectivity index (χ4v) is 4.83. The second kappa shape index (κ2) is 29.3.